The molecule has 0 spiro atoms. The molecule has 1 fully saturated rings. The zero-order valence-corrected chi connectivity index (χ0v) is 11.6. The van der Waals surface area contributed by atoms with E-state index < -0.39 is 0 Å². The highest BCUT2D eigenvalue weighted by Gasteiger charge is 2.02. The third-order valence-corrected chi connectivity index (χ3v) is 3.45. The molecular weight excluding hydrogens is 228 g/mol. The van der Waals surface area contributed by atoms with Gasteiger partial charge in [-0.3, -0.25) is 4.79 Å². The van der Waals surface area contributed by atoms with Gasteiger partial charge in [0.15, 0.2) is 0 Å². The predicted octanol–water partition coefficient (Wildman–Crippen LogP) is 4.20. The van der Waals surface area contributed by atoms with Crippen LogP contribution in [0.15, 0.2) is 0 Å². The van der Waals surface area contributed by atoms with Crippen LogP contribution < -0.4 is 0 Å². The Bertz CT molecular complexity index is 184. The van der Waals surface area contributed by atoms with Gasteiger partial charge in [0, 0.05) is 12.8 Å². The summed E-state index contributed by atoms with van der Waals surface area (Å²) in [6.45, 7) is 1.33. The summed E-state index contributed by atoms with van der Waals surface area (Å²) < 4.78 is 0. The van der Waals surface area contributed by atoms with E-state index in [1.807, 2.05) is 0 Å². The molecule has 1 heterocycles. The number of Topliss-reactive ketones (excluding diaryl/α,β-unsaturated/α-hetero) is 1. The molecule has 0 saturated carbocycles. The van der Waals surface area contributed by atoms with E-state index in [2.05, 4.69) is 0 Å². The standard InChI is InChI=1S/C15H28O3/c16-15-11-7-5-3-1-2-4-6-9-13-17-18-14-10-8-12-15/h1-14H2. The third kappa shape index (κ3) is 9.60. The van der Waals surface area contributed by atoms with Gasteiger partial charge in [-0.2, -0.15) is 0 Å². The Morgan fingerprint density at radius 1 is 0.556 bits per heavy atom. The number of hydrogen-bond acceptors (Lipinski definition) is 3. The summed E-state index contributed by atoms with van der Waals surface area (Å²) in [7, 11) is 0. The fourth-order valence-electron chi connectivity index (χ4n) is 2.27. The lowest BCUT2D eigenvalue weighted by molar-refractivity contribution is -0.295. The number of rotatable bonds is 0. The number of carbonyl (C=O) groups is 1. The van der Waals surface area contributed by atoms with Crippen molar-refractivity contribution in [1.29, 1.82) is 0 Å². The Labute approximate surface area is 111 Å². The molecule has 0 amide bonds. The van der Waals surface area contributed by atoms with Crippen molar-refractivity contribution in [3.8, 4) is 0 Å². The molecule has 1 aliphatic rings. The second kappa shape index (κ2) is 11.7. The van der Waals surface area contributed by atoms with E-state index in [1.54, 1.807) is 0 Å². The van der Waals surface area contributed by atoms with E-state index >= 15 is 0 Å². The van der Waals surface area contributed by atoms with Crippen LogP contribution >= 0.6 is 0 Å². The average molecular weight is 256 g/mol. The summed E-state index contributed by atoms with van der Waals surface area (Å²) in [4.78, 5) is 21.7. The second-order valence-electron chi connectivity index (χ2n) is 5.22. The normalized spacial score (nSPS) is 23.4. The van der Waals surface area contributed by atoms with Crippen molar-refractivity contribution in [2.45, 2.75) is 77.0 Å². The largest absolute Gasteiger partial charge is 0.300 e. The van der Waals surface area contributed by atoms with Crippen molar-refractivity contribution in [2.24, 2.45) is 0 Å². The van der Waals surface area contributed by atoms with Crippen molar-refractivity contribution in [3.05, 3.63) is 0 Å². The third-order valence-electron chi connectivity index (χ3n) is 3.45. The summed E-state index contributed by atoms with van der Waals surface area (Å²) in [5, 5.41) is 0. The molecule has 1 rings (SSSR count). The number of carbonyl (C=O) groups excluding carboxylic acids is 1. The lowest BCUT2D eigenvalue weighted by Gasteiger charge is -2.03. The molecule has 0 aromatic rings. The Kier molecular flexibility index (Phi) is 10.1. The molecule has 1 saturated heterocycles. The maximum absolute atomic E-state index is 11.6. The molecule has 0 bridgehead atoms. The molecule has 3 nitrogen and oxygen atoms in total. The summed E-state index contributed by atoms with van der Waals surface area (Å²) in [5.74, 6) is 0.417. The number of ketones is 1. The van der Waals surface area contributed by atoms with Crippen molar-refractivity contribution in [2.75, 3.05) is 13.2 Å². The molecule has 0 aliphatic carbocycles. The molecule has 106 valence electrons. The monoisotopic (exact) mass is 256 g/mol. The van der Waals surface area contributed by atoms with Gasteiger partial charge >= 0.3 is 0 Å². The van der Waals surface area contributed by atoms with Crippen LogP contribution in [0.5, 0.6) is 0 Å². The fraction of sp³-hybridized carbons (Fsp3) is 0.933. The van der Waals surface area contributed by atoms with Gasteiger partial charge in [0.2, 0.25) is 0 Å². The van der Waals surface area contributed by atoms with Crippen LogP contribution in [0.4, 0.5) is 0 Å². The minimum Gasteiger partial charge on any atom is -0.300 e. The van der Waals surface area contributed by atoms with Gasteiger partial charge in [-0.05, 0) is 25.7 Å². The molecule has 0 unspecified atom stereocenters. The molecule has 0 radical (unpaired) electrons. The Hall–Kier alpha value is -0.410. The van der Waals surface area contributed by atoms with E-state index in [4.69, 9.17) is 9.78 Å². The molecule has 1 aliphatic heterocycles. The smallest absolute Gasteiger partial charge is 0.132 e. The first-order valence-corrected chi connectivity index (χ1v) is 7.66. The van der Waals surface area contributed by atoms with Crippen LogP contribution in [0.1, 0.15) is 77.0 Å². The topological polar surface area (TPSA) is 35.5 Å². The van der Waals surface area contributed by atoms with E-state index in [1.165, 1.54) is 38.5 Å². The highest BCUT2D eigenvalue weighted by atomic mass is 17.2. The first-order chi connectivity index (χ1) is 8.89. The Balaban J connectivity index is 2.11. The van der Waals surface area contributed by atoms with Crippen LogP contribution in [0.3, 0.4) is 0 Å². The van der Waals surface area contributed by atoms with Crippen LogP contribution in [0.2, 0.25) is 0 Å². The average Bonchev–Trinajstić information content (AvgIpc) is 2.37. The van der Waals surface area contributed by atoms with Crippen molar-refractivity contribution in [3.63, 3.8) is 0 Å². The molecule has 18 heavy (non-hydrogen) atoms. The van der Waals surface area contributed by atoms with Gasteiger partial charge in [0.1, 0.15) is 5.78 Å². The molecule has 0 aromatic carbocycles. The maximum Gasteiger partial charge on any atom is 0.132 e. The van der Waals surface area contributed by atoms with E-state index in [0.717, 1.165) is 32.1 Å². The molecule has 0 aromatic heterocycles. The van der Waals surface area contributed by atoms with E-state index in [-0.39, 0.29) is 0 Å². The van der Waals surface area contributed by atoms with Gasteiger partial charge in [0.25, 0.3) is 0 Å². The zero-order valence-electron chi connectivity index (χ0n) is 11.6. The van der Waals surface area contributed by atoms with Crippen LogP contribution in [-0.4, -0.2) is 19.0 Å². The van der Waals surface area contributed by atoms with Crippen molar-refractivity contribution >= 4 is 5.78 Å². The van der Waals surface area contributed by atoms with Gasteiger partial charge in [-0.25, -0.2) is 9.78 Å². The van der Waals surface area contributed by atoms with E-state index in [9.17, 15) is 4.79 Å². The molecule has 0 atom stereocenters. The maximum atomic E-state index is 11.6. The van der Waals surface area contributed by atoms with Gasteiger partial charge in [0.05, 0.1) is 13.2 Å². The van der Waals surface area contributed by atoms with Crippen molar-refractivity contribution < 1.29 is 14.6 Å². The lowest BCUT2D eigenvalue weighted by atomic mass is 10.0. The summed E-state index contributed by atoms with van der Waals surface area (Å²) >= 11 is 0. The predicted molar refractivity (Wildman–Crippen MR) is 72.3 cm³/mol. The Morgan fingerprint density at radius 2 is 0.944 bits per heavy atom. The van der Waals surface area contributed by atoms with Crippen molar-refractivity contribution in [1.82, 2.24) is 0 Å². The fourth-order valence-corrected chi connectivity index (χ4v) is 2.27. The first-order valence-electron chi connectivity index (χ1n) is 7.66. The summed E-state index contributed by atoms with van der Waals surface area (Å²) in [5.41, 5.74) is 0. The van der Waals surface area contributed by atoms with E-state index in [0.29, 0.717) is 25.4 Å². The van der Waals surface area contributed by atoms with Crippen LogP contribution in [-0.2, 0) is 14.6 Å². The van der Waals surface area contributed by atoms with Crippen LogP contribution in [0.25, 0.3) is 0 Å². The summed E-state index contributed by atoms with van der Waals surface area (Å²) in [6.07, 6.45) is 13.2. The van der Waals surface area contributed by atoms with Gasteiger partial charge in [-0.1, -0.05) is 38.5 Å². The second-order valence-corrected chi connectivity index (χ2v) is 5.22. The van der Waals surface area contributed by atoms with Gasteiger partial charge in [-0.15, -0.1) is 0 Å². The lowest BCUT2D eigenvalue weighted by Crippen LogP contribution is -2.01. The molecule has 0 N–H and O–H groups in total. The van der Waals surface area contributed by atoms with Gasteiger partial charge < -0.3 is 0 Å². The molecular formula is C15H28O3. The minimum absolute atomic E-state index is 0.417. The highest BCUT2D eigenvalue weighted by Crippen LogP contribution is 2.11. The Morgan fingerprint density at radius 3 is 1.56 bits per heavy atom. The number of hydrogen-bond donors (Lipinski definition) is 0. The quantitative estimate of drug-likeness (QED) is 0.609. The highest BCUT2D eigenvalue weighted by molar-refractivity contribution is 5.78. The first kappa shape index (κ1) is 15.6. The van der Waals surface area contributed by atoms with Crippen LogP contribution in [0, 0.1) is 0 Å². The summed E-state index contributed by atoms with van der Waals surface area (Å²) in [6, 6.07) is 0. The minimum atomic E-state index is 0.417. The zero-order chi connectivity index (χ0) is 12.9. The SMILES string of the molecule is O=C1CCCCCCCCCCOOCCCC1. The molecule has 3 heteroatoms.